The van der Waals surface area contributed by atoms with Gasteiger partial charge in [0.25, 0.3) is 5.91 Å². The van der Waals surface area contributed by atoms with E-state index in [4.69, 9.17) is 21.1 Å². The summed E-state index contributed by atoms with van der Waals surface area (Å²) < 4.78 is 11.0. The van der Waals surface area contributed by atoms with E-state index in [-0.39, 0.29) is 23.3 Å². The fourth-order valence-electron chi connectivity index (χ4n) is 2.78. The summed E-state index contributed by atoms with van der Waals surface area (Å²) in [6, 6.07) is 24.0. The molecule has 0 aliphatic carbocycles. The Morgan fingerprint density at radius 1 is 1.10 bits per heavy atom. The first-order chi connectivity index (χ1) is 14.6. The molecule has 3 rings (SSSR count). The van der Waals surface area contributed by atoms with Crippen LogP contribution in [0.3, 0.4) is 0 Å². The Bertz CT molecular complexity index is 1090. The maximum atomic E-state index is 12.1. The Balaban J connectivity index is 1.78. The number of anilines is 1. The summed E-state index contributed by atoms with van der Waals surface area (Å²) >= 11 is 6.38. The van der Waals surface area contributed by atoms with Crippen LogP contribution in [0, 0.1) is 11.3 Å². The molecule has 3 aromatic carbocycles. The van der Waals surface area contributed by atoms with Gasteiger partial charge in [-0.05, 0) is 41.5 Å². The fraction of sp³-hybridized carbons (Fsp3) is 0.0833. The summed E-state index contributed by atoms with van der Waals surface area (Å²) in [5.41, 5.74) is 2.64. The quantitative estimate of drug-likeness (QED) is 0.410. The Labute approximate surface area is 180 Å². The molecule has 0 saturated heterocycles. The molecular formula is C24H19ClN2O3. The van der Waals surface area contributed by atoms with Crippen LogP contribution >= 0.6 is 11.6 Å². The molecule has 0 fully saturated rings. The number of nitriles is 1. The van der Waals surface area contributed by atoms with Gasteiger partial charge in [-0.2, -0.15) is 5.26 Å². The summed E-state index contributed by atoms with van der Waals surface area (Å²) in [4.78, 5) is 12.1. The minimum absolute atomic E-state index is 0.229. The van der Waals surface area contributed by atoms with Crippen LogP contribution in [0.1, 0.15) is 11.1 Å². The van der Waals surface area contributed by atoms with Gasteiger partial charge in [-0.1, -0.05) is 60.1 Å². The molecule has 0 saturated carbocycles. The normalized spacial score (nSPS) is 10.8. The number of nitrogens with one attached hydrogen (secondary N) is 1. The Morgan fingerprint density at radius 3 is 2.40 bits per heavy atom. The van der Waals surface area contributed by atoms with Crippen molar-refractivity contribution in [2.24, 2.45) is 0 Å². The average Bonchev–Trinajstić information content (AvgIpc) is 2.77. The van der Waals surface area contributed by atoms with Gasteiger partial charge in [0.1, 0.15) is 0 Å². The predicted octanol–water partition coefficient (Wildman–Crippen LogP) is 5.43. The van der Waals surface area contributed by atoms with Crippen molar-refractivity contribution in [3.05, 3.63) is 88.9 Å². The number of nitrogens with zero attached hydrogens (tertiary/aromatic N) is 1. The molecule has 0 radical (unpaired) electrons. The van der Waals surface area contributed by atoms with Gasteiger partial charge in [0.15, 0.2) is 18.1 Å². The topological polar surface area (TPSA) is 71.3 Å². The zero-order valence-electron chi connectivity index (χ0n) is 16.3. The summed E-state index contributed by atoms with van der Waals surface area (Å²) in [5.74, 6) is 0.309. The van der Waals surface area contributed by atoms with Gasteiger partial charge < -0.3 is 14.8 Å². The van der Waals surface area contributed by atoms with Gasteiger partial charge in [0, 0.05) is 5.69 Å². The highest BCUT2D eigenvalue weighted by Gasteiger charge is 2.14. The van der Waals surface area contributed by atoms with Crippen LogP contribution < -0.4 is 14.8 Å². The smallest absolute Gasteiger partial charge is 0.262 e. The van der Waals surface area contributed by atoms with Crippen LogP contribution in [-0.2, 0) is 4.79 Å². The second-order valence-corrected chi connectivity index (χ2v) is 6.68. The number of allylic oxidation sites excluding steroid dienone is 1. The van der Waals surface area contributed by atoms with Crippen LogP contribution in [0.15, 0.2) is 72.8 Å². The zero-order chi connectivity index (χ0) is 21.3. The number of hydrogen-bond acceptors (Lipinski definition) is 4. The molecule has 0 atom stereocenters. The molecule has 150 valence electrons. The van der Waals surface area contributed by atoms with Crippen molar-refractivity contribution in [2.45, 2.75) is 0 Å². The minimum Gasteiger partial charge on any atom is -0.493 e. The van der Waals surface area contributed by atoms with Crippen molar-refractivity contribution < 1.29 is 14.3 Å². The number of amides is 1. The summed E-state index contributed by atoms with van der Waals surface area (Å²) in [5, 5.41) is 12.5. The third-order valence-electron chi connectivity index (χ3n) is 4.17. The van der Waals surface area contributed by atoms with Crippen LogP contribution in [0.4, 0.5) is 5.69 Å². The first-order valence-corrected chi connectivity index (χ1v) is 9.51. The number of rotatable bonds is 7. The van der Waals surface area contributed by atoms with E-state index in [0.717, 1.165) is 5.56 Å². The average molecular weight is 419 g/mol. The molecule has 0 aliphatic rings. The largest absolute Gasteiger partial charge is 0.493 e. The molecule has 0 aliphatic heterocycles. The lowest BCUT2D eigenvalue weighted by molar-refractivity contribution is -0.118. The van der Waals surface area contributed by atoms with Crippen molar-refractivity contribution in [1.29, 1.82) is 5.26 Å². The Kier molecular flexibility index (Phi) is 7.09. The van der Waals surface area contributed by atoms with Crippen molar-refractivity contribution >= 4 is 34.8 Å². The van der Waals surface area contributed by atoms with E-state index < -0.39 is 0 Å². The van der Waals surface area contributed by atoms with Crippen molar-refractivity contribution in [2.75, 3.05) is 19.0 Å². The van der Waals surface area contributed by atoms with E-state index in [0.29, 0.717) is 22.6 Å². The molecule has 6 heteroatoms. The summed E-state index contributed by atoms with van der Waals surface area (Å²) in [6.07, 6.45) is 1.72. The molecule has 0 heterocycles. The zero-order valence-corrected chi connectivity index (χ0v) is 17.0. The van der Waals surface area contributed by atoms with Crippen LogP contribution in [0.25, 0.3) is 11.6 Å². The minimum atomic E-state index is -0.320. The van der Waals surface area contributed by atoms with Crippen molar-refractivity contribution in [3.8, 4) is 17.6 Å². The number of benzene rings is 3. The lowest BCUT2D eigenvalue weighted by Gasteiger charge is -2.13. The van der Waals surface area contributed by atoms with Gasteiger partial charge in [0.2, 0.25) is 0 Å². The van der Waals surface area contributed by atoms with Crippen LogP contribution in [0.2, 0.25) is 5.02 Å². The van der Waals surface area contributed by atoms with E-state index >= 15 is 0 Å². The van der Waals surface area contributed by atoms with Crippen LogP contribution in [-0.4, -0.2) is 19.6 Å². The first-order valence-electron chi connectivity index (χ1n) is 9.13. The number of halogens is 1. The van der Waals surface area contributed by atoms with Crippen molar-refractivity contribution in [3.63, 3.8) is 0 Å². The van der Waals surface area contributed by atoms with Gasteiger partial charge >= 0.3 is 0 Å². The summed E-state index contributed by atoms with van der Waals surface area (Å²) in [6.45, 7) is -0.229. The highest BCUT2D eigenvalue weighted by molar-refractivity contribution is 6.32. The molecule has 5 nitrogen and oxygen atoms in total. The molecule has 0 spiro atoms. The molecule has 0 unspecified atom stereocenters. The number of methoxy groups -OCH3 is 1. The number of carbonyl (C=O) groups excluding carboxylic acids is 1. The van der Waals surface area contributed by atoms with E-state index in [1.54, 1.807) is 30.3 Å². The predicted molar refractivity (Wildman–Crippen MR) is 118 cm³/mol. The number of carbonyl (C=O) groups is 1. The molecule has 1 amide bonds. The number of hydrogen-bond donors (Lipinski definition) is 1. The number of ether oxygens (including phenoxy) is 2. The summed E-state index contributed by atoms with van der Waals surface area (Å²) in [7, 11) is 1.48. The Morgan fingerprint density at radius 2 is 1.77 bits per heavy atom. The van der Waals surface area contributed by atoms with E-state index in [2.05, 4.69) is 11.4 Å². The standard InChI is InChI=1S/C24H19ClN2O3/c1-29-22-14-17(12-19(15-26)18-8-4-2-5-9-18)13-21(25)24(22)30-16-23(28)27-20-10-6-3-7-11-20/h2-14H,16H2,1H3,(H,27,28)/b19-12+. The third kappa shape index (κ3) is 5.40. The third-order valence-corrected chi connectivity index (χ3v) is 4.45. The maximum absolute atomic E-state index is 12.1. The fourth-order valence-corrected chi connectivity index (χ4v) is 3.06. The highest BCUT2D eigenvalue weighted by Crippen LogP contribution is 2.37. The number of para-hydroxylation sites is 1. The van der Waals surface area contributed by atoms with E-state index in [1.807, 2.05) is 48.5 Å². The van der Waals surface area contributed by atoms with Gasteiger partial charge in [-0.25, -0.2) is 0 Å². The molecule has 3 aromatic rings. The maximum Gasteiger partial charge on any atom is 0.262 e. The van der Waals surface area contributed by atoms with Gasteiger partial charge in [-0.15, -0.1) is 0 Å². The second-order valence-electron chi connectivity index (χ2n) is 6.27. The second kappa shape index (κ2) is 10.1. The lowest BCUT2D eigenvalue weighted by Crippen LogP contribution is -2.20. The first kappa shape index (κ1) is 21.0. The molecule has 0 aromatic heterocycles. The van der Waals surface area contributed by atoms with Gasteiger partial charge in [-0.3, -0.25) is 4.79 Å². The van der Waals surface area contributed by atoms with E-state index in [1.165, 1.54) is 7.11 Å². The van der Waals surface area contributed by atoms with E-state index in [9.17, 15) is 10.1 Å². The van der Waals surface area contributed by atoms with Crippen LogP contribution in [0.5, 0.6) is 11.5 Å². The molecule has 0 bridgehead atoms. The Hall–Kier alpha value is -3.75. The molecule has 1 N–H and O–H groups in total. The molecule has 30 heavy (non-hydrogen) atoms. The molecular weight excluding hydrogens is 400 g/mol. The SMILES string of the molecule is COc1cc(/C=C(\C#N)c2ccccc2)cc(Cl)c1OCC(=O)Nc1ccccc1. The van der Waals surface area contributed by atoms with Gasteiger partial charge in [0.05, 0.1) is 23.8 Å². The monoisotopic (exact) mass is 418 g/mol. The highest BCUT2D eigenvalue weighted by atomic mass is 35.5. The lowest BCUT2D eigenvalue weighted by atomic mass is 10.0. The van der Waals surface area contributed by atoms with Crippen molar-refractivity contribution in [1.82, 2.24) is 0 Å².